The molecule has 0 atom stereocenters. The van der Waals surface area contributed by atoms with Crippen molar-refractivity contribution < 1.29 is 9.30 Å². The highest BCUT2D eigenvalue weighted by atomic mass is 16.5. The number of rotatable bonds is 1. The molecule has 120 valence electrons. The molecule has 0 amide bonds. The molecule has 1 aromatic heterocycles. The first-order valence-electron chi connectivity index (χ1n) is 8.74. The Morgan fingerprint density at radius 3 is 2.48 bits per heavy atom. The van der Waals surface area contributed by atoms with E-state index in [-0.39, 0.29) is 11.0 Å². The number of nitrogens with zero attached hydrogens (tertiary/aromatic N) is 1. The molecular weight excluding hydrogens is 282 g/mol. The van der Waals surface area contributed by atoms with Crippen LogP contribution in [0, 0.1) is 6.92 Å². The third kappa shape index (κ3) is 1.90. The summed E-state index contributed by atoms with van der Waals surface area (Å²) >= 11 is 0. The molecule has 2 aliphatic rings. The number of aromatic nitrogens is 1. The van der Waals surface area contributed by atoms with Crippen LogP contribution in [0.3, 0.4) is 0 Å². The van der Waals surface area contributed by atoms with Crippen LogP contribution in [-0.2, 0) is 12.5 Å². The lowest BCUT2D eigenvalue weighted by Crippen LogP contribution is -2.44. The van der Waals surface area contributed by atoms with E-state index in [9.17, 15) is 0 Å². The molecule has 1 spiro atoms. The van der Waals surface area contributed by atoms with Gasteiger partial charge < -0.3 is 4.74 Å². The predicted octanol–water partition coefficient (Wildman–Crippen LogP) is 4.47. The van der Waals surface area contributed by atoms with Gasteiger partial charge in [0.15, 0.2) is 6.20 Å². The van der Waals surface area contributed by atoms with Crippen LogP contribution >= 0.6 is 0 Å². The molecule has 4 rings (SSSR count). The molecule has 1 aromatic carbocycles. The largest absolute Gasteiger partial charge is 0.486 e. The molecule has 2 heteroatoms. The lowest BCUT2D eigenvalue weighted by atomic mass is 9.69. The zero-order valence-electron chi connectivity index (χ0n) is 14.6. The molecule has 0 saturated heterocycles. The van der Waals surface area contributed by atoms with Gasteiger partial charge in [0.05, 0.1) is 5.56 Å². The van der Waals surface area contributed by atoms with Crippen LogP contribution in [0.2, 0.25) is 0 Å². The number of hydrogen-bond acceptors (Lipinski definition) is 1. The van der Waals surface area contributed by atoms with Gasteiger partial charge in [0.25, 0.3) is 0 Å². The fourth-order valence-electron chi connectivity index (χ4n) is 4.79. The molecule has 0 radical (unpaired) electrons. The van der Waals surface area contributed by atoms with Crippen LogP contribution in [0.25, 0.3) is 11.3 Å². The van der Waals surface area contributed by atoms with Crippen molar-refractivity contribution in [3.05, 3.63) is 47.7 Å². The van der Waals surface area contributed by atoms with Gasteiger partial charge in [-0.15, -0.1) is 0 Å². The number of ether oxygens (including phenoxy) is 1. The minimum absolute atomic E-state index is 0.123. The molecule has 2 aromatic rings. The molecule has 2 nitrogen and oxygen atoms in total. The highest BCUT2D eigenvalue weighted by Crippen LogP contribution is 2.59. The monoisotopic (exact) mass is 308 g/mol. The Morgan fingerprint density at radius 1 is 1.04 bits per heavy atom. The second-order valence-corrected chi connectivity index (χ2v) is 7.73. The molecule has 0 bridgehead atoms. The van der Waals surface area contributed by atoms with Crippen molar-refractivity contribution in [3.63, 3.8) is 0 Å². The van der Waals surface area contributed by atoms with Crippen molar-refractivity contribution in [3.8, 4) is 17.0 Å². The summed E-state index contributed by atoms with van der Waals surface area (Å²) in [7, 11) is 2.11. The molecule has 1 fully saturated rings. The van der Waals surface area contributed by atoms with Crippen molar-refractivity contribution in [2.45, 2.75) is 57.5 Å². The zero-order valence-corrected chi connectivity index (χ0v) is 14.6. The van der Waals surface area contributed by atoms with Gasteiger partial charge in [0.2, 0.25) is 5.69 Å². The summed E-state index contributed by atoms with van der Waals surface area (Å²) in [4.78, 5) is 0. The third-order valence-electron chi connectivity index (χ3n) is 6.16. The van der Waals surface area contributed by atoms with Gasteiger partial charge in [0.1, 0.15) is 18.4 Å². The van der Waals surface area contributed by atoms with Crippen molar-refractivity contribution in [1.82, 2.24) is 0 Å². The van der Waals surface area contributed by atoms with Gasteiger partial charge in [-0.05, 0) is 45.2 Å². The minimum Gasteiger partial charge on any atom is -0.486 e. The molecule has 0 unspecified atom stereocenters. The molecule has 1 saturated carbocycles. The highest BCUT2D eigenvalue weighted by Gasteiger charge is 2.56. The summed E-state index contributed by atoms with van der Waals surface area (Å²) < 4.78 is 8.83. The number of benzene rings is 1. The molecule has 1 aliphatic heterocycles. The summed E-state index contributed by atoms with van der Waals surface area (Å²) in [6, 6.07) is 11.0. The van der Waals surface area contributed by atoms with Gasteiger partial charge in [0, 0.05) is 23.1 Å². The molecule has 0 N–H and O–H groups in total. The van der Waals surface area contributed by atoms with E-state index in [1.807, 2.05) is 0 Å². The summed E-state index contributed by atoms with van der Waals surface area (Å²) in [5, 5.41) is 0. The first-order chi connectivity index (χ1) is 11.0. The Labute approximate surface area is 139 Å². The van der Waals surface area contributed by atoms with E-state index in [0.29, 0.717) is 0 Å². The third-order valence-corrected chi connectivity index (χ3v) is 6.16. The Bertz CT molecular complexity index is 769. The van der Waals surface area contributed by atoms with Crippen LogP contribution in [0.4, 0.5) is 0 Å². The number of hydrogen-bond donors (Lipinski definition) is 0. The van der Waals surface area contributed by atoms with Gasteiger partial charge in [-0.25, -0.2) is 4.57 Å². The van der Waals surface area contributed by atoms with E-state index in [0.717, 1.165) is 5.75 Å². The summed E-state index contributed by atoms with van der Waals surface area (Å²) in [6.45, 7) is 6.75. The van der Waals surface area contributed by atoms with Gasteiger partial charge in [-0.2, -0.15) is 0 Å². The molecule has 2 heterocycles. The van der Waals surface area contributed by atoms with E-state index in [1.165, 1.54) is 48.1 Å². The maximum atomic E-state index is 6.64. The highest BCUT2D eigenvalue weighted by molar-refractivity contribution is 5.74. The van der Waals surface area contributed by atoms with E-state index in [4.69, 9.17) is 4.74 Å². The quantitative estimate of drug-likeness (QED) is 0.708. The van der Waals surface area contributed by atoms with Crippen molar-refractivity contribution in [2.75, 3.05) is 0 Å². The van der Waals surface area contributed by atoms with E-state index < -0.39 is 0 Å². The van der Waals surface area contributed by atoms with Gasteiger partial charge >= 0.3 is 0 Å². The normalized spacial score (nSPS) is 20.5. The van der Waals surface area contributed by atoms with Crippen LogP contribution in [0.1, 0.15) is 50.7 Å². The van der Waals surface area contributed by atoms with Crippen LogP contribution in [0.15, 0.2) is 36.5 Å². The fourth-order valence-corrected chi connectivity index (χ4v) is 4.79. The average Bonchev–Trinajstić information content (AvgIpc) is 3.07. The Hall–Kier alpha value is -1.83. The van der Waals surface area contributed by atoms with E-state index in [2.05, 4.69) is 68.9 Å². The van der Waals surface area contributed by atoms with Crippen molar-refractivity contribution in [2.24, 2.45) is 7.05 Å². The average molecular weight is 308 g/mol. The smallest absolute Gasteiger partial charge is 0.216 e. The SMILES string of the molecule is Cc1ccc2c(c1-c1cccc[n+]1C)OC(C)(C)C21CCCC1. The molecule has 1 aliphatic carbocycles. The fraction of sp³-hybridized carbons (Fsp3) is 0.476. The summed E-state index contributed by atoms with van der Waals surface area (Å²) in [6.07, 6.45) is 7.23. The van der Waals surface area contributed by atoms with Crippen molar-refractivity contribution >= 4 is 0 Å². The minimum atomic E-state index is -0.123. The Balaban J connectivity index is 1.99. The zero-order chi connectivity index (χ0) is 16.2. The van der Waals surface area contributed by atoms with Crippen LogP contribution < -0.4 is 9.30 Å². The van der Waals surface area contributed by atoms with E-state index >= 15 is 0 Å². The van der Waals surface area contributed by atoms with Crippen molar-refractivity contribution in [1.29, 1.82) is 0 Å². The van der Waals surface area contributed by atoms with Crippen LogP contribution in [-0.4, -0.2) is 5.60 Å². The maximum Gasteiger partial charge on any atom is 0.216 e. The Kier molecular flexibility index (Phi) is 3.10. The molecule has 23 heavy (non-hydrogen) atoms. The first kappa shape index (κ1) is 14.7. The summed E-state index contributed by atoms with van der Waals surface area (Å²) in [5.74, 6) is 1.12. The van der Waals surface area contributed by atoms with E-state index in [1.54, 1.807) is 0 Å². The number of aryl methyl sites for hydroxylation is 2. The van der Waals surface area contributed by atoms with Gasteiger partial charge in [-0.3, -0.25) is 0 Å². The number of fused-ring (bicyclic) bond motifs is 2. The first-order valence-corrected chi connectivity index (χ1v) is 8.74. The topological polar surface area (TPSA) is 13.1 Å². The second-order valence-electron chi connectivity index (χ2n) is 7.73. The maximum absolute atomic E-state index is 6.64. The summed E-state index contributed by atoms with van der Waals surface area (Å²) in [5.41, 5.74) is 5.29. The second kappa shape index (κ2) is 4.83. The lowest BCUT2D eigenvalue weighted by molar-refractivity contribution is -0.660. The van der Waals surface area contributed by atoms with Gasteiger partial charge in [-0.1, -0.05) is 25.0 Å². The predicted molar refractivity (Wildman–Crippen MR) is 92.6 cm³/mol. The number of pyridine rings is 1. The standard InChI is InChI=1S/C21H26NO/c1-15-10-11-16-19(18(15)17-9-5-8-14-22(17)4)23-20(2,3)21(16)12-6-7-13-21/h5,8-11,14H,6-7,12-13H2,1-4H3/q+1. The lowest BCUT2D eigenvalue weighted by Gasteiger charge is -2.36. The molecular formula is C21H26NO+. The Morgan fingerprint density at radius 2 is 1.78 bits per heavy atom. The van der Waals surface area contributed by atoms with Crippen LogP contribution in [0.5, 0.6) is 5.75 Å².